The molecule has 1 N–H and O–H groups in total. The average molecular weight is 467 g/mol. The van der Waals surface area contributed by atoms with E-state index in [0.29, 0.717) is 42.9 Å². The summed E-state index contributed by atoms with van der Waals surface area (Å²) in [6.45, 7) is 6.06. The van der Waals surface area contributed by atoms with Crippen LogP contribution in [0.25, 0.3) is 22.6 Å². The predicted octanol–water partition coefficient (Wildman–Crippen LogP) is 4.82. The van der Waals surface area contributed by atoms with Crippen LogP contribution in [0.5, 0.6) is 5.75 Å². The normalized spacial score (nSPS) is 14.6. The van der Waals surface area contributed by atoms with Crippen LogP contribution in [0.15, 0.2) is 46.2 Å². The number of pyridine rings is 1. The van der Waals surface area contributed by atoms with Crippen LogP contribution in [0.3, 0.4) is 0 Å². The van der Waals surface area contributed by atoms with Gasteiger partial charge < -0.3 is 23.6 Å². The molecule has 0 unspecified atom stereocenters. The lowest BCUT2D eigenvalue weighted by atomic mass is 9.83. The minimum Gasteiger partial charge on any atom is -0.493 e. The fraction of sp³-hybridized carbons (Fsp3) is 0.423. The number of fused-ring (bicyclic) bond motifs is 3. The molecule has 0 radical (unpaired) electrons. The molecule has 2 aromatic heterocycles. The van der Waals surface area contributed by atoms with E-state index in [1.54, 1.807) is 13.3 Å². The van der Waals surface area contributed by atoms with Crippen molar-refractivity contribution in [1.82, 2.24) is 9.55 Å². The van der Waals surface area contributed by atoms with Gasteiger partial charge in [-0.2, -0.15) is 0 Å². The quantitative estimate of drug-likeness (QED) is 0.427. The molecule has 0 aliphatic carbocycles. The summed E-state index contributed by atoms with van der Waals surface area (Å²) < 4.78 is 18.8. The Morgan fingerprint density at radius 1 is 1.26 bits per heavy atom. The van der Waals surface area contributed by atoms with Crippen LogP contribution in [0.1, 0.15) is 54.9 Å². The Hall–Kier alpha value is -3.39. The maximum Gasteiger partial charge on any atom is 0.341 e. The summed E-state index contributed by atoms with van der Waals surface area (Å²) in [6.07, 6.45) is 7.17. The number of rotatable bonds is 10. The molecule has 34 heavy (non-hydrogen) atoms. The molecular formula is C26H30N2O6. The number of carboxylic acid groups (broad SMARTS) is 1. The number of carbonyl (C=O) groups is 1. The number of oxazole rings is 1. The van der Waals surface area contributed by atoms with Crippen LogP contribution < -0.4 is 10.2 Å². The maximum absolute atomic E-state index is 12.6. The number of aromatic carboxylic acids is 1. The Kier molecular flexibility index (Phi) is 7.17. The molecule has 8 heteroatoms. The highest BCUT2D eigenvalue weighted by atomic mass is 16.5. The van der Waals surface area contributed by atoms with E-state index in [0.717, 1.165) is 36.0 Å². The van der Waals surface area contributed by atoms with Crippen molar-refractivity contribution >= 4 is 5.97 Å². The smallest absolute Gasteiger partial charge is 0.341 e. The van der Waals surface area contributed by atoms with Crippen molar-refractivity contribution in [3.63, 3.8) is 0 Å². The predicted molar refractivity (Wildman–Crippen MR) is 127 cm³/mol. The van der Waals surface area contributed by atoms with Gasteiger partial charge in [0.1, 0.15) is 11.3 Å². The van der Waals surface area contributed by atoms with Crippen molar-refractivity contribution in [2.75, 3.05) is 20.3 Å². The summed E-state index contributed by atoms with van der Waals surface area (Å²) in [5, 5.41) is 9.47. The van der Waals surface area contributed by atoms with Gasteiger partial charge in [0.15, 0.2) is 17.6 Å². The number of aromatic nitrogens is 2. The van der Waals surface area contributed by atoms with Crippen LogP contribution in [-0.4, -0.2) is 41.0 Å². The molecule has 1 aromatic carbocycles. The van der Waals surface area contributed by atoms with Gasteiger partial charge in [-0.25, -0.2) is 9.78 Å². The van der Waals surface area contributed by atoms with E-state index in [1.807, 2.05) is 16.7 Å². The average Bonchev–Trinajstić information content (AvgIpc) is 3.34. The van der Waals surface area contributed by atoms with Crippen molar-refractivity contribution < 1.29 is 23.8 Å². The molecule has 3 heterocycles. The first-order valence-electron chi connectivity index (χ1n) is 11.6. The summed E-state index contributed by atoms with van der Waals surface area (Å²) in [6, 6.07) is 5.43. The topological polar surface area (TPSA) is 104 Å². The Balaban J connectivity index is 1.86. The van der Waals surface area contributed by atoms with Gasteiger partial charge in [-0.3, -0.25) is 4.79 Å². The number of ether oxygens (including phenoxy) is 2. The van der Waals surface area contributed by atoms with E-state index < -0.39 is 11.4 Å². The highest BCUT2D eigenvalue weighted by Gasteiger charge is 2.28. The van der Waals surface area contributed by atoms with Gasteiger partial charge >= 0.3 is 5.97 Å². The Bertz CT molecular complexity index is 1210. The largest absolute Gasteiger partial charge is 0.493 e. The second-order valence-corrected chi connectivity index (χ2v) is 9.06. The standard InChI is InChI=1S/C26H30N2O6/c1-16(2)5-6-17-13-28-14-21(26(30)31)23(29)11-22(28)19-9-20(25-12-27-15-34-25)24(10-18(17)19)33-8-4-7-32-3/h9-12,14-17H,4-8,13H2,1-3H3,(H,30,31)/t17-/m0/s1. The van der Waals surface area contributed by atoms with Crippen molar-refractivity contribution in [3.05, 3.63) is 58.3 Å². The number of hydrogen-bond donors (Lipinski definition) is 1. The lowest BCUT2D eigenvalue weighted by Gasteiger charge is -2.31. The first kappa shape index (κ1) is 23.8. The molecule has 1 aliphatic rings. The molecule has 0 amide bonds. The van der Waals surface area contributed by atoms with Crippen molar-refractivity contribution in [1.29, 1.82) is 0 Å². The number of hydrogen-bond acceptors (Lipinski definition) is 6. The molecule has 1 atom stereocenters. The zero-order valence-electron chi connectivity index (χ0n) is 19.7. The second kappa shape index (κ2) is 10.3. The molecular weight excluding hydrogens is 436 g/mol. The lowest BCUT2D eigenvalue weighted by Crippen LogP contribution is -2.24. The first-order valence-corrected chi connectivity index (χ1v) is 11.6. The highest BCUT2D eigenvalue weighted by molar-refractivity contribution is 5.88. The van der Waals surface area contributed by atoms with E-state index in [2.05, 4.69) is 18.8 Å². The van der Waals surface area contributed by atoms with E-state index >= 15 is 0 Å². The third-order valence-electron chi connectivity index (χ3n) is 6.18. The zero-order valence-corrected chi connectivity index (χ0v) is 19.7. The molecule has 1 aliphatic heterocycles. The van der Waals surface area contributed by atoms with Gasteiger partial charge in [-0.1, -0.05) is 20.3 Å². The first-order chi connectivity index (χ1) is 16.4. The molecule has 0 saturated heterocycles. The summed E-state index contributed by atoms with van der Waals surface area (Å²) in [4.78, 5) is 28.2. The molecule has 0 fully saturated rings. The summed E-state index contributed by atoms with van der Waals surface area (Å²) in [5.41, 5.74) is 2.67. The highest BCUT2D eigenvalue weighted by Crippen LogP contribution is 2.44. The molecule has 0 saturated carbocycles. The van der Waals surface area contributed by atoms with E-state index in [4.69, 9.17) is 13.9 Å². The third-order valence-corrected chi connectivity index (χ3v) is 6.18. The minimum absolute atomic E-state index is 0.152. The van der Waals surface area contributed by atoms with Gasteiger partial charge in [-0.15, -0.1) is 0 Å². The van der Waals surface area contributed by atoms with Gasteiger partial charge in [0.2, 0.25) is 0 Å². The number of carboxylic acids is 1. The number of methoxy groups -OCH3 is 1. The molecule has 180 valence electrons. The summed E-state index contributed by atoms with van der Waals surface area (Å²) in [7, 11) is 1.66. The van der Waals surface area contributed by atoms with Crippen molar-refractivity contribution in [2.24, 2.45) is 5.92 Å². The maximum atomic E-state index is 12.6. The molecule has 4 rings (SSSR count). The number of nitrogens with zero attached hydrogens (tertiary/aromatic N) is 2. The van der Waals surface area contributed by atoms with E-state index in [9.17, 15) is 14.7 Å². The third kappa shape index (κ3) is 4.92. The molecule has 8 nitrogen and oxygen atoms in total. The van der Waals surface area contributed by atoms with E-state index in [-0.39, 0.29) is 11.5 Å². The molecule has 0 spiro atoms. The van der Waals surface area contributed by atoms with Crippen LogP contribution in [0.2, 0.25) is 0 Å². The van der Waals surface area contributed by atoms with Gasteiger partial charge in [0.25, 0.3) is 0 Å². The lowest BCUT2D eigenvalue weighted by molar-refractivity contribution is 0.0694. The van der Waals surface area contributed by atoms with Crippen molar-refractivity contribution in [3.8, 4) is 28.3 Å². The fourth-order valence-electron chi connectivity index (χ4n) is 4.44. The summed E-state index contributed by atoms with van der Waals surface area (Å²) >= 11 is 0. The minimum atomic E-state index is -1.22. The Morgan fingerprint density at radius 3 is 2.76 bits per heavy atom. The monoisotopic (exact) mass is 466 g/mol. The Morgan fingerprint density at radius 2 is 2.09 bits per heavy atom. The van der Waals surface area contributed by atoms with Gasteiger partial charge in [0, 0.05) is 50.4 Å². The van der Waals surface area contributed by atoms with E-state index in [1.165, 1.54) is 18.7 Å². The van der Waals surface area contributed by atoms with Crippen LogP contribution >= 0.6 is 0 Å². The van der Waals surface area contributed by atoms with Crippen LogP contribution in [0.4, 0.5) is 0 Å². The second-order valence-electron chi connectivity index (χ2n) is 9.06. The molecule has 3 aromatic rings. The van der Waals surface area contributed by atoms with Gasteiger partial charge in [-0.05, 0) is 30.0 Å². The zero-order chi connectivity index (χ0) is 24.2. The summed E-state index contributed by atoms with van der Waals surface area (Å²) in [5.74, 6) is 0.724. The van der Waals surface area contributed by atoms with Gasteiger partial charge in [0.05, 0.1) is 24.1 Å². The van der Waals surface area contributed by atoms with Crippen molar-refractivity contribution in [2.45, 2.75) is 45.6 Å². The van der Waals surface area contributed by atoms with Crippen LogP contribution in [0, 0.1) is 5.92 Å². The SMILES string of the molecule is COCCCOc1cc2c(cc1-c1cnco1)-c1cc(=O)c(C(=O)O)cn1C[C@@H]2CCC(C)C. The Labute approximate surface area is 198 Å². The van der Waals surface area contributed by atoms with Crippen LogP contribution in [-0.2, 0) is 11.3 Å². The molecule has 0 bridgehead atoms. The number of benzene rings is 1. The fourth-order valence-corrected chi connectivity index (χ4v) is 4.44.